The minimum absolute atomic E-state index is 0.476. The third kappa shape index (κ3) is 2.20. The zero-order valence-electron chi connectivity index (χ0n) is 9.27. The van der Waals surface area contributed by atoms with Crippen molar-refractivity contribution >= 4 is 15.9 Å². The minimum atomic E-state index is 0.476. The zero-order chi connectivity index (χ0) is 11.7. The predicted molar refractivity (Wildman–Crippen MR) is 66.8 cm³/mol. The van der Waals surface area contributed by atoms with Crippen molar-refractivity contribution < 1.29 is 4.74 Å². The van der Waals surface area contributed by atoms with E-state index >= 15 is 0 Å². The molecule has 2 aromatic rings. The second-order valence-corrected chi connectivity index (χ2v) is 4.95. The number of halogens is 1. The van der Waals surface area contributed by atoms with Crippen LogP contribution in [0.2, 0.25) is 0 Å². The van der Waals surface area contributed by atoms with Crippen molar-refractivity contribution in [1.82, 2.24) is 14.8 Å². The lowest BCUT2D eigenvalue weighted by atomic mass is 10.3. The molecule has 0 bridgehead atoms. The zero-order valence-corrected chi connectivity index (χ0v) is 10.9. The van der Waals surface area contributed by atoms with E-state index in [9.17, 15) is 0 Å². The molecule has 17 heavy (non-hydrogen) atoms. The Hall–Kier alpha value is -1.36. The Labute approximate surface area is 108 Å². The van der Waals surface area contributed by atoms with Crippen LogP contribution < -0.4 is 4.74 Å². The van der Waals surface area contributed by atoms with Gasteiger partial charge in [-0.1, -0.05) is 22.0 Å². The molecule has 0 N–H and O–H groups in total. The third-order valence-electron chi connectivity index (χ3n) is 2.85. The first-order valence-electron chi connectivity index (χ1n) is 5.62. The van der Waals surface area contributed by atoms with Crippen molar-refractivity contribution in [2.45, 2.75) is 26.0 Å². The number of rotatable bonds is 3. The molecule has 5 heteroatoms. The monoisotopic (exact) mass is 293 g/mol. The summed E-state index contributed by atoms with van der Waals surface area (Å²) in [4.78, 5) is 0. The number of benzene rings is 1. The molecule has 0 aliphatic carbocycles. The molecule has 3 rings (SSSR count). The molecule has 1 aliphatic heterocycles. The van der Waals surface area contributed by atoms with E-state index in [0.29, 0.717) is 6.61 Å². The Kier molecular flexibility index (Phi) is 2.84. The van der Waals surface area contributed by atoms with Crippen LogP contribution in [0.5, 0.6) is 5.75 Å². The van der Waals surface area contributed by atoms with Crippen LogP contribution in [-0.4, -0.2) is 14.8 Å². The van der Waals surface area contributed by atoms with Crippen molar-refractivity contribution in [2.75, 3.05) is 0 Å². The first-order valence-corrected chi connectivity index (χ1v) is 6.41. The van der Waals surface area contributed by atoms with Crippen molar-refractivity contribution in [3.8, 4) is 5.75 Å². The second kappa shape index (κ2) is 4.49. The maximum absolute atomic E-state index is 5.70. The van der Waals surface area contributed by atoms with Crippen molar-refractivity contribution in [3.05, 3.63) is 40.4 Å². The molecule has 0 saturated heterocycles. The summed E-state index contributed by atoms with van der Waals surface area (Å²) in [5.74, 6) is 2.84. The third-order valence-corrected chi connectivity index (χ3v) is 3.34. The van der Waals surface area contributed by atoms with Gasteiger partial charge in [0.25, 0.3) is 0 Å². The summed E-state index contributed by atoms with van der Waals surface area (Å²) < 4.78 is 8.87. The lowest BCUT2D eigenvalue weighted by molar-refractivity contribution is 0.289. The largest absolute Gasteiger partial charge is 0.486 e. The molecule has 1 aromatic carbocycles. The number of nitrogens with zero attached hydrogens (tertiary/aromatic N) is 3. The lowest BCUT2D eigenvalue weighted by Gasteiger charge is -2.06. The highest BCUT2D eigenvalue weighted by Crippen LogP contribution is 2.20. The number of hydrogen-bond donors (Lipinski definition) is 0. The number of hydrogen-bond acceptors (Lipinski definition) is 3. The molecule has 4 nitrogen and oxygen atoms in total. The summed E-state index contributed by atoms with van der Waals surface area (Å²) in [6.45, 7) is 1.49. The van der Waals surface area contributed by atoms with E-state index in [1.165, 1.54) is 0 Å². The fourth-order valence-electron chi connectivity index (χ4n) is 2.02. The van der Waals surface area contributed by atoms with Crippen LogP contribution in [0.4, 0.5) is 0 Å². The molecule has 0 spiro atoms. The standard InChI is InChI=1S/C12H12BrN3O/c13-9-3-1-4-10(7-9)17-8-12-15-14-11-5-2-6-16(11)12/h1,3-4,7H,2,5-6,8H2. The van der Waals surface area contributed by atoms with E-state index in [2.05, 4.69) is 30.7 Å². The number of fused-ring (bicyclic) bond motifs is 1. The molecular weight excluding hydrogens is 282 g/mol. The van der Waals surface area contributed by atoms with Gasteiger partial charge >= 0.3 is 0 Å². The normalized spacial score (nSPS) is 13.7. The van der Waals surface area contributed by atoms with Gasteiger partial charge in [0.15, 0.2) is 5.82 Å². The maximum atomic E-state index is 5.70. The molecule has 1 aromatic heterocycles. The summed E-state index contributed by atoms with van der Waals surface area (Å²) in [5, 5.41) is 8.30. The van der Waals surface area contributed by atoms with Crippen molar-refractivity contribution in [1.29, 1.82) is 0 Å². The smallest absolute Gasteiger partial charge is 0.171 e. The van der Waals surface area contributed by atoms with Crippen LogP contribution in [0, 0.1) is 0 Å². The highest BCUT2D eigenvalue weighted by Gasteiger charge is 2.17. The highest BCUT2D eigenvalue weighted by molar-refractivity contribution is 9.10. The fraction of sp³-hybridized carbons (Fsp3) is 0.333. The summed E-state index contributed by atoms with van der Waals surface area (Å²) in [6.07, 6.45) is 2.19. The van der Waals surface area contributed by atoms with Gasteiger partial charge in [0.2, 0.25) is 0 Å². The van der Waals surface area contributed by atoms with Crippen LogP contribution in [-0.2, 0) is 19.6 Å². The molecule has 0 amide bonds. The van der Waals surface area contributed by atoms with E-state index in [-0.39, 0.29) is 0 Å². The fourth-order valence-corrected chi connectivity index (χ4v) is 2.40. The van der Waals surface area contributed by atoms with Gasteiger partial charge < -0.3 is 9.30 Å². The van der Waals surface area contributed by atoms with E-state index in [0.717, 1.165) is 41.3 Å². The molecule has 1 aliphatic rings. The van der Waals surface area contributed by atoms with Gasteiger partial charge in [0.05, 0.1) is 0 Å². The predicted octanol–water partition coefficient (Wildman–Crippen LogP) is 2.57. The van der Waals surface area contributed by atoms with Gasteiger partial charge in [-0.25, -0.2) is 0 Å². The van der Waals surface area contributed by atoms with E-state index < -0.39 is 0 Å². The Balaban J connectivity index is 1.72. The van der Waals surface area contributed by atoms with E-state index in [1.807, 2.05) is 24.3 Å². The molecule has 2 heterocycles. The topological polar surface area (TPSA) is 39.9 Å². The van der Waals surface area contributed by atoms with Gasteiger partial charge in [-0.2, -0.15) is 0 Å². The molecule has 0 atom stereocenters. The summed E-state index contributed by atoms with van der Waals surface area (Å²) in [6, 6.07) is 7.81. The maximum Gasteiger partial charge on any atom is 0.171 e. The van der Waals surface area contributed by atoms with Crippen LogP contribution in [0.3, 0.4) is 0 Å². The average molecular weight is 294 g/mol. The van der Waals surface area contributed by atoms with Crippen molar-refractivity contribution in [3.63, 3.8) is 0 Å². The molecule has 0 unspecified atom stereocenters. The Morgan fingerprint density at radius 2 is 2.29 bits per heavy atom. The van der Waals surface area contributed by atoms with Crippen LogP contribution in [0.1, 0.15) is 18.1 Å². The molecule has 0 fully saturated rings. The second-order valence-electron chi connectivity index (χ2n) is 4.03. The van der Waals surface area contributed by atoms with Crippen molar-refractivity contribution in [2.24, 2.45) is 0 Å². The van der Waals surface area contributed by atoms with Gasteiger partial charge in [-0.3, -0.25) is 0 Å². The summed E-state index contributed by atoms with van der Waals surface area (Å²) >= 11 is 3.42. The molecule has 0 saturated carbocycles. The first-order chi connectivity index (χ1) is 8.33. The number of aryl methyl sites for hydroxylation is 1. The van der Waals surface area contributed by atoms with E-state index in [1.54, 1.807) is 0 Å². The Bertz CT molecular complexity index is 538. The Morgan fingerprint density at radius 3 is 3.18 bits per heavy atom. The van der Waals surface area contributed by atoms with Gasteiger partial charge in [0, 0.05) is 17.4 Å². The summed E-state index contributed by atoms with van der Waals surface area (Å²) in [7, 11) is 0. The van der Waals surface area contributed by atoms with Crippen LogP contribution >= 0.6 is 15.9 Å². The highest BCUT2D eigenvalue weighted by atomic mass is 79.9. The van der Waals surface area contributed by atoms with Gasteiger partial charge in [-0.05, 0) is 24.6 Å². The number of aromatic nitrogens is 3. The number of ether oxygens (including phenoxy) is 1. The first kappa shape index (κ1) is 10.8. The molecule has 88 valence electrons. The molecular formula is C12H12BrN3O. The lowest BCUT2D eigenvalue weighted by Crippen LogP contribution is -2.05. The van der Waals surface area contributed by atoms with Crippen LogP contribution in [0.15, 0.2) is 28.7 Å². The minimum Gasteiger partial charge on any atom is -0.486 e. The van der Waals surface area contributed by atoms with E-state index in [4.69, 9.17) is 4.74 Å². The van der Waals surface area contributed by atoms with Gasteiger partial charge in [-0.15, -0.1) is 10.2 Å². The quantitative estimate of drug-likeness (QED) is 0.873. The summed E-state index contributed by atoms with van der Waals surface area (Å²) in [5.41, 5.74) is 0. The molecule has 0 radical (unpaired) electrons. The Morgan fingerprint density at radius 1 is 1.35 bits per heavy atom. The van der Waals surface area contributed by atoms with Crippen LogP contribution in [0.25, 0.3) is 0 Å². The SMILES string of the molecule is Brc1cccc(OCc2nnc3n2CCC3)c1. The average Bonchev–Trinajstić information content (AvgIpc) is 2.89. The van der Waals surface area contributed by atoms with Gasteiger partial charge in [0.1, 0.15) is 18.2 Å².